The summed E-state index contributed by atoms with van der Waals surface area (Å²) in [6.45, 7) is -0.574. The van der Waals surface area contributed by atoms with Gasteiger partial charge in [0.1, 0.15) is 29.6 Å². The van der Waals surface area contributed by atoms with E-state index in [9.17, 15) is 13.2 Å². The number of methoxy groups -OCH3 is 2. The number of sulfonamides is 1. The van der Waals surface area contributed by atoms with Gasteiger partial charge in [-0.05, 0) is 66.7 Å². The van der Waals surface area contributed by atoms with E-state index in [1.807, 2.05) is 0 Å². The first-order valence-electron chi connectivity index (χ1n) is 11.4. The van der Waals surface area contributed by atoms with Crippen LogP contribution in [-0.4, -0.2) is 41.3 Å². The van der Waals surface area contributed by atoms with Gasteiger partial charge in [-0.2, -0.15) is 5.10 Å². The summed E-state index contributed by atoms with van der Waals surface area (Å²) >= 11 is 12.2. The van der Waals surface area contributed by atoms with E-state index in [1.165, 1.54) is 44.7 Å². The molecule has 0 fully saturated rings. The molecule has 1 N–H and O–H groups in total. The predicted molar refractivity (Wildman–Crippen MR) is 150 cm³/mol. The lowest BCUT2D eigenvalue weighted by molar-refractivity contribution is -0.119. The standard InChI is InChI=1S/C27H23Cl2N3O6S/c1-36-19-8-11-21(12-9-19)39(34,35)32(24-5-3-4-6-26(24)37-2)17-27(33)31-30-16-20-10-14-25(38-20)22-13-7-18(28)15-23(22)29/h3-16H,17H2,1-2H3,(H,31,33)/b30-16-. The van der Waals surface area contributed by atoms with Crippen LogP contribution in [0.3, 0.4) is 0 Å². The highest BCUT2D eigenvalue weighted by molar-refractivity contribution is 7.92. The first-order valence-corrected chi connectivity index (χ1v) is 13.6. The molecule has 12 heteroatoms. The van der Waals surface area contributed by atoms with Crippen molar-refractivity contribution in [2.24, 2.45) is 5.10 Å². The van der Waals surface area contributed by atoms with E-state index >= 15 is 0 Å². The number of hydrazone groups is 1. The molecule has 0 bridgehead atoms. The summed E-state index contributed by atoms with van der Waals surface area (Å²) in [6.07, 6.45) is 1.29. The molecule has 0 aliphatic rings. The van der Waals surface area contributed by atoms with Gasteiger partial charge in [-0.15, -0.1) is 0 Å². The molecule has 0 atom stereocenters. The normalized spacial score (nSPS) is 11.4. The monoisotopic (exact) mass is 587 g/mol. The van der Waals surface area contributed by atoms with Gasteiger partial charge in [-0.1, -0.05) is 35.3 Å². The number of carbonyl (C=O) groups is 1. The first-order chi connectivity index (χ1) is 18.7. The molecule has 4 rings (SSSR count). The third kappa shape index (κ3) is 6.54. The summed E-state index contributed by atoms with van der Waals surface area (Å²) in [6, 6.07) is 20.7. The van der Waals surface area contributed by atoms with Crippen LogP contribution in [0.5, 0.6) is 11.5 Å². The minimum absolute atomic E-state index is 0.0329. The summed E-state index contributed by atoms with van der Waals surface area (Å²) in [5, 5.41) is 4.83. The lowest BCUT2D eigenvalue weighted by Gasteiger charge is -2.25. The molecule has 0 unspecified atom stereocenters. The molecule has 3 aromatic carbocycles. The molecule has 0 saturated carbocycles. The van der Waals surface area contributed by atoms with Crippen LogP contribution in [-0.2, 0) is 14.8 Å². The van der Waals surface area contributed by atoms with Crippen LogP contribution >= 0.6 is 23.2 Å². The number of ether oxygens (including phenoxy) is 2. The van der Waals surface area contributed by atoms with Gasteiger partial charge in [0.25, 0.3) is 15.9 Å². The molecular weight excluding hydrogens is 565 g/mol. The number of rotatable bonds is 10. The quantitative estimate of drug-likeness (QED) is 0.190. The molecule has 0 radical (unpaired) electrons. The average Bonchev–Trinajstić information content (AvgIpc) is 3.40. The Morgan fingerprint density at radius 1 is 1.00 bits per heavy atom. The Labute approximate surface area is 235 Å². The van der Waals surface area contributed by atoms with E-state index in [4.69, 9.17) is 37.1 Å². The highest BCUT2D eigenvalue weighted by Crippen LogP contribution is 2.33. The van der Waals surface area contributed by atoms with E-state index in [1.54, 1.807) is 54.6 Å². The summed E-state index contributed by atoms with van der Waals surface area (Å²) in [5.41, 5.74) is 3.16. The molecule has 39 heavy (non-hydrogen) atoms. The Morgan fingerprint density at radius 2 is 1.74 bits per heavy atom. The Balaban J connectivity index is 1.54. The SMILES string of the molecule is COc1ccc(S(=O)(=O)N(CC(=O)N/N=C\c2ccc(-c3ccc(Cl)cc3Cl)o2)c2ccccc2OC)cc1. The number of nitrogens with zero attached hydrogens (tertiary/aromatic N) is 2. The maximum atomic E-state index is 13.6. The van der Waals surface area contributed by atoms with Crippen molar-refractivity contribution in [2.45, 2.75) is 4.90 Å². The minimum atomic E-state index is -4.17. The predicted octanol–water partition coefficient (Wildman–Crippen LogP) is 5.62. The fraction of sp³-hybridized carbons (Fsp3) is 0.111. The Kier molecular flexibility index (Phi) is 8.80. The maximum Gasteiger partial charge on any atom is 0.264 e. The third-order valence-corrected chi connectivity index (χ3v) is 7.81. The summed E-state index contributed by atoms with van der Waals surface area (Å²) in [5.74, 6) is 0.891. The molecule has 9 nitrogen and oxygen atoms in total. The van der Waals surface area contributed by atoms with Gasteiger partial charge in [-0.3, -0.25) is 9.10 Å². The zero-order valence-corrected chi connectivity index (χ0v) is 23.1. The molecule has 1 aromatic heterocycles. The van der Waals surface area contributed by atoms with E-state index in [-0.39, 0.29) is 16.3 Å². The number of furan rings is 1. The fourth-order valence-electron chi connectivity index (χ4n) is 3.60. The van der Waals surface area contributed by atoms with Crippen molar-refractivity contribution in [3.05, 3.63) is 94.7 Å². The van der Waals surface area contributed by atoms with E-state index in [0.29, 0.717) is 32.9 Å². The second-order valence-corrected chi connectivity index (χ2v) is 10.7. The van der Waals surface area contributed by atoms with Gasteiger partial charge in [0.2, 0.25) is 0 Å². The van der Waals surface area contributed by atoms with Gasteiger partial charge in [0.05, 0.1) is 36.0 Å². The van der Waals surface area contributed by atoms with Gasteiger partial charge < -0.3 is 13.9 Å². The van der Waals surface area contributed by atoms with Gasteiger partial charge in [0, 0.05) is 10.6 Å². The number of nitrogens with one attached hydrogen (secondary N) is 1. The number of amides is 1. The van der Waals surface area contributed by atoms with Crippen molar-refractivity contribution in [1.82, 2.24) is 5.43 Å². The zero-order chi connectivity index (χ0) is 28.0. The highest BCUT2D eigenvalue weighted by atomic mass is 35.5. The summed E-state index contributed by atoms with van der Waals surface area (Å²) < 4.78 is 44.3. The van der Waals surface area contributed by atoms with Crippen LogP contribution in [0.25, 0.3) is 11.3 Å². The lowest BCUT2D eigenvalue weighted by Crippen LogP contribution is -2.39. The lowest BCUT2D eigenvalue weighted by atomic mass is 10.2. The number of para-hydroxylation sites is 2. The van der Waals surface area contributed by atoms with Crippen LogP contribution in [0.15, 0.2) is 93.3 Å². The van der Waals surface area contributed by atoms with Gasteiger partial charge >= 0.3 is 0 Å². The second kappa shape index (κ2) is 12.2. The van der Waals surface area contributed by atoms with E-state index in [0.717, 1.165) is 4.31 Å². The van der Waals surface area contributed by atoms with Crippen LogP contribution in [0.2, 0.25) is 10.0 Å². The van der Waals surface area contributed by atoms with Crippen LogP contribution in [0, 0.1) is 0 Å². The van der Waals surface area contributed by atoms with Crippen molar-refractivity contribution < 1.29 is 27.1 Å². The number of hydrogen-bond acceptors (Lipinski definition) is 7. The van der Waals surface area contributed by atoms with Crippen molar-refractivity contribution in [3.63, 3.8) is 0 Å². The highest BCUT2D eigenvalue weighted by Gasteiger charge is 2.29. The topological polar surface area (TPSA) is 110 Å². The Morgan fingerprint density at radius 3 is 2.44 bits per heavy atom. The molecule has 4 aromatic rings. The number of hydrogen-bond donors (Lipinski definition) is 1. The van der Waals surface area contributed by atoms with E-state index < -0.39 is 22.5 Å². The average molecular weight is 588 g/mol. The number of carbonyl (C=O) groups excluding carboxylic acids is 1. The Hall–Kier alpha value is -3.99. The molecule has 0 spiro atoms. The molecule has 1 amide bonds. The molecule has 0 aliphatic carbocycles. The van der Waals surface area contributed by atoms with E-state index in [2.05, 4.69) is 10.5 Å². The summed E-state index contributed by atoms with van der Waals surface area (Å²) in [7, 11) is -1.28. The molecular formula is C27H23Cl2N3O6S. The van der Waals surface area contributed by atoms with Crippen LogP contribution < -0.4 is 19.2 Å². The second-order valence-electron chi connectivity index (χ2n) is 7.98. The molecule has 202 valence electrons. The number of halogens is 2. The largest absolute Gasteiger partial charge is 0.497 e. The van der Waals surface area contributed by atoms with Crippen molar-refractivity contribution in [2.75, 3.05) is 25.1 Å². The van der Waals surface area contributed by atoms with Crippen molar-refractivity contribution >= 4 is 51.0 Å². The third-order valence-electron chi connectivity index (χ3n) is 5.49. The number of anilines is 1. The fourth-order valence-corrected chi connectivity index (χ4v) is 5.53. The molecule has 1 heterocycles. The minimum Gasteiger partial charge on any atom is -0.497 e. The van der Waals surface area contributed by atoms with Gasteiger partial charge in [-0.25, -0.2) is 13.8 Å². The molecule has 0 aliphatic heterocycles. The van der Waals surface area contributed by atoms with Crippen molar-refractivity contribution in [3.8, 4) is 22.8 Å². The maximum absolute atomic E-state index is 13.6. The zero-order valence-electron chi connectivity index (χ0n) is 20.8. The molecule has 0 saturated heterocycles. The van der Waals surface area contributed by atoms with Crippen molar-refractivity contribution in [1.29, 1.82) is 0 Å². The van der Waals surface area contributed by atoms with Gasteiger partial charge in [0.15, 0.2) is 0 Å². The first kappa shape index (κ1) is 28.0. The number of benzene rings is 3. The van der Waals surface area contributed by atoms with Crippen LogP contribution in [0.1, 0.15) is 5.76 Å². The summed E-state index contributed by atoms with van der Waals surface area (Å²) in [4.78, 5) is 12.8. The smallest absolute Gasteiger partial charge is 0.264 e. The van der Waals surface area contributed by atoms with Crippen LogP contribution in [0.4, 0.5) is 5.69 Å². The Bertz CT molecular complexity index is 1600.